The van der Waals surface area contributed by atoms with Gasteiger partial charge in [0.2, 0.25) is 5.95 Å². The largest absolute Gasteiger partial charge is 0.325 e. The molecular weight excluding hydrogens is 308 g/mol. The molecule has 0 aliphatic carbocycles. The SMILES string of the molecule is Cc1cc(Nc2nc3ccccc3n2C)c2ccc(Cl)cc2n1. The van der Waals surface area contributed by atoms with Gasteiger partial charge in [0.25, 0.3) is 0 Å². The van der Waals surface area contributed by atoms with Crippen molar-refractivity contribution in [1.29, 1.82) is 0 Å². The molecular formula is C18H15ClN4. The lowest BCUT2D eigenvalue weighted by Gasteiger charge is -2.11. The molecule has 0 spiro atoms. The number of pyridine rings is 1. The van der Waals surface area contributed by atoms with Gasteiger partial charge in [-0.2, -0.15) is 0 Å². The van der Waals surface area contributed by atoms with Crippen LogP contribution in [0.5, 0.6) is 0 Å². The Bertz CT molecular complexity index is 1030. The second-order valence-electron chi connectivity index (χ2n) is 5.58. The maximum atomic E-state index is 6.09. The average molecular weight is 323 g/mol. The van der Waals surface area contributed by atoms with Crippen LogP contribution in [0.1, 0.15) is 5.69 Å². The molecule has 0 saturated carbocycles. The smallest absolute Gasteiger partial charge is 0.208 e. The molecule has 2 aromatic carbocycles. The van der Waals surface area contributed by atoms with Gasteiger partial charge in [0.1, 0.15) is 0 Å². The van der Waals surface area contributed by atoms with Crippen LogP contribution in [0.4, 0.5) is 11.6 Å². The number of hydrogen-bond donors (Lipinski definition) is 1. The van der Waals surface area contributed by atoms with Gasteiger partial charge in [0.05, 0.1) is 22.2 Å². The Balaban J connectivity index is 1.87. The van der Waals surface area contributed by atoms with Crippen LogP contribution in [0.15, 0.2) is 48.5 Å². The highest BCUT2D eigenvalue weighted by molar-refractivity contribution is 6.31. The van der Waals surface area contributed by atoms with Crippen molar-refractivity contribution in [3.63, 3.8) is 0 Å². The predicted octanol–water partition coefficient (Wildman–Crippen LogP) is 4.83. The van der Waals surface area contributed by atoms with Gasteiger partial charge in [-0.05, 0) is 43.3 Å². The van der Waals surface area contributed by atoms with Crippen LogP contribution in [0.3, 0.4) is 0 Å². The van der Waals surface area contributed by atoms with E-state index in [-0.39, 0.29) is 0 Å². The molecule has 1 N–H and O–H groups in total. The average Bonchev–Trinajstić information content (AvgIpc) is 2.83. The van der Waals surface area contributed by atoms with Crippen molar-refractivity contribution in [2.75, 3.05) is 5.32 Å². The third-order valence-corrected chi connectivity index (χ3v) is 4.17. The third-order valence-electron chi connectivity index (χ3n) is 3.93. The van der Waals surface area contributed by atoms with Crippen LogP contribution in [0.2, 0.25) is 5.02 Å². The van der Waals surface area contributed by atoms with Crippen molar-refractivity contribution in [1.82, 2.24) is 14.5 Å². The molecule has 0 aliphatic heterocycles. The zero-order valence-electron chi connectivity index (χ0n) is 12.8. The van der Waals surface area contributed by atoms with Crippen LogP contribution >= 0.6 is 11.6 Å². The maximum absolute atomic E-state index is 6.09. The zero-order chi connectivity index (χ0) is 16.0. The highest BCUT2D eigenvalue weighted by Crippen LogP contribution is 2.29. The van der Waals surface area contributed by atoms with Crippen LogP contribution in [0.25, 0.3) is 21.9 Å². The van der Waals surface area contributed by atoms with E-state index in [4.69, 9.17) is 11.6 Å². The number of benzene rings is 2. The molecule has 0 aliphatic rings. The second kappa shape index (κ2) is 5.25. The van der Waals surface area contributed by atoms with E-state index in [0.717, 1.165) is 39.3 Å². The highest BCUT2D eigenvalue weighted by atomic mass is 35.5. The molecule has 0 saturated heterocycles. The summed E-state index contributed by atoms with van der Waals surface area (Å²) < 4.78 is 2.05. The van der Waals surface area contributed by atoms with Crippen molar-refractivity contribution >= 4 is 45.2 Å². The number of fused-ring (bicyclic) bond motifs is 2. The molecule has 2 aromatic heterocycles. The van der Waals surface area contributed by atoms with Gasteiger partial charge >= 0.3 is 0 Å². The van der Waals surface area contributed by atoms with Gasteiger partial charge in [-0.3, -0.25) is 4.98 Å². The summed E-state index contributed by atoms with van der Waals surface area (Å²) in [6.07, 6.45) is 0. The lowest BCUT2D eigenvalue weighted by molar-refractivity contribution is 0.958. The standard InChI is InChI=1S/C18H15ClN4/c1-11-9-15(13-8-7-12(19)10-16(13)20-11)22-18-21-14-5-3-4-6-17(14)23(18)2/h3-10H,1-2H3,(H,20,21,22). The van der Waals surface area contributed by atoms with Gasteiger partial charge in [-0.15, -0.1) is 0 Å². The van der Waals surface area contributed by atoms with E-state index in [0.29, 0.717) is 5.02 Å². The Kier molecular flexibility index (Phi) is 3.20. The van der Waals surface area contributed by atoms with Gasteiger partial charge in [-0.1, -0.05) is 23.7 Å². The van der Waals surface area contributed by atoms with Crippen LogP contribution in [-0.4, -0.2) is 14.5 Å². The zero-order valence-corrected chi connectivity index (χ0v) is 13.6. The first kappa shape index (κ1) is 14.0. The van der Waals surface area contributed by atoms with E-state index < -0.39 is 0 Å². The molecule has 0 bridgehead atoms. The quantitative estimate of drug-likeness (QED) is 0.575. The number of imidazole rings is 1. The Hall–Kier alpha value is -2.59. The van der Waals surface area contributed by atoms with Gasteiger partial charge in [-0.25, -0.2) is 4.98 Å². The van der Waals surface area contributed by atoms with E-state index in [2.05, 4.69) is 21.4 Å². The van der Waals surface area contributed by atoms with Crippen LogP contribution < -0.4 is 5.32 Å². The number of rotatable bonds is 2. The summed E-state index contributed by atoms with van der Waals surface area (Å²) in [6, 6.07) is 15.8. The normalized spacial score (nSPS) is 11.3. The van der Waals surface area contributed by atoms with Gasteiger partial charge < -0.3 is 9.88 Å². The first-order valence-electron chi connectivity index (χ1n) is 7.37. The van der Waals surface area contributed by atoms with Crippen LogP contribution in [-0.2, 0) is 7.05 Å². The van der Waals surface area contributed by atoms with Crippen molar-refractivity contribution in [3.05, 3.63) is 59.2 Å². The number of nitrogens with one attached hydrogen (secondary N) is 1. The van der Waals surface area contributed by atoms with Gasteiger partial charge in [0, 0.05) is 23.2 Å². The molecule has 4 rings (SSSR count). The third kappa shape index (κ3) is 2.41. The summed E-state index contributed by atoms with van der Waals surface area (Å²) in [5.74, 6) is 0.799. The van der Waals surface area contributed by atoms with Crippen molar-refractivity contribution < 1.29 is 0 Å². The summed E-state index contributed by atoms with van der Waals surface area (Å²) in [6.45, 7) is 1.97. The van der Waals surface area contributed by atoms with Gasteiger partial charge in [0.15, 0.2) is 0 Å². The molecule has 4 nitrogen and oxygen atoms in total. The number of aromatic nitrogens is 3. The number of nitrogens with zero attached hydrogens (tertiary/aromatic N) is 3. The number of halogens is 1. The van der Waals surface area contributed by atoms with Crippen molar-refractivity contribution in [3.8, 4) is 0 Å². The minimum atomic E-state index is 0.685. The van der Waals surface area contributed by atoms with E-state index in [1.54, 1.807) is 0 Å². The molecule has 4 aromatic rings. The summed E-state index contributed by atoms with van der Waals surface area (Å²) >= 11 is 6.09. The number of aryl methyl sites for hydroxylation is 2. The molecule has 0 amide bonds. The minimum Gasteiger partial charge on any atom is -0.325 e. The van der Waals surface area contributed by atoms with E-state index in [1.807, 2.05) is 61.0 Å². The Morgan fingerprint density at radius 1 is 1.00 bits per heavy atom. The van der Waals surface area contributed by atoms with E-state index >= 15 is 0 Å². The summed E-state index contributed by atoms with van der Waals surface area (Å²) in [5.41, 5.74) is 4.84. The Labute approximate surface area is 138 Å². The Morgan fingerprint density at radius 2 is 1.83 bits per heavy atom. The molecule has 0 radical (unpaired) electrons. The summed E-state index contributed by atoms with van der Waals surface area (Å²) in [4.78, 5) is 9.22. The van der Waals surface area contributed by atoms with Crippen molar-refractivity contribution in [2.24, 2.45) is 7.05 Å². The molecule has 0 atom stereocenters. The maximum Gasteiger partial charge on any atom is 0.208 e. The van der Waals surface area contributed by atoms with E-state index in [1.165, 1.54) is 0 Å². The molecule has 0 fully saturated rings. The second-order valence-corrected chi connectivity index (χ2v) is 6.02. The molecule has 0 unspecified atom stereocenters. The summed E-state index contributed by atoms with van der Waals surface area (Å²) in [7, 11) is 2.00. The molecule has 114 valence electrons. The monoisotopic (exact) mass is 322 g/mol. The van der Waals surface area contributed by atoms with Crippen molar-refractivity contribution in [2.45, 2.75) is 6.92 Å². The highest BCUT2D eigenvalue weighted by Gasteiger charge is 2.10. The molecule has 23 heavy (non-hydrogen) atoms. The predicted molar refractivity (Wildman–Crippen MR) is 95.5 cm³/mol. The lowest BCUT2D eigenvalue weighted by Crippen LogP contribution is -2.00. The first-order chi connectivity index (χ1) is 11.1. The minimum absolute atomic E-state index is 0.685. The molecule has 5 heteroatoms. The number of anilines is 2. The fraction of sp³-hybridized carbons (Fsp3) is 0.111. The lowest BCUT2D eigenvalue weighted by atomic mass is 10.1. The Morgan fingerprint density at radius 3 is 2.65 bits per heavy atom. The van der Waals surface area contributed by atoms with Crippen LogP contribution in [0, 0.1) is 6.92 Å². The topological polar surface area (TPSA) is 42.7 Å². The summed E-state index contributed by atoms with van der Waals surface area (Å²) in [5, 5.41) is 5.14. The number of hydrogen-bond acceptors (Lipinski definition) is 3. The number of para-hydroxylation sites is 2. The fourth-order valence-electron chi connectivity index (χ4n) is 2.82. The van der Waals surface area contributed by atoms with E-state index in [9.17, 15) is 0 Å². The fourth-order valence-corrected chi connectivity index (χ4v) is 2.98. The first-order valence-corrected chi connectivity index (χ1v) is 7.75. The molecule has 2 heterocycles.